The van der Waals surface area contributed by atoms with Gasteiger partial charge in [-0.3, -0.25) is 0 Å². The molecule has 0 saturated heterocycles. The molecular weight excluding hydrogens is 560 g/mol. The molecule has 0 aliphatic heterocycles. The number of rotatable bonds is 4. The van der Waals surface area contributed by atoms with Gasteiger partial charge in [-0.2, -0.15) is 0 Å². The minimum absolute atomic E-state index is 0.628. The Morgan fingerprint density at radius 1 is 0.326 bits per heavy atom. The molecule has 4 heteroatoms. The van der Waals surface area contributed by atoms with Crippen LogP contribution < -0.4 is 0 Å². The normalized spacial score (nSPS) is 11.5. The minimum atomic E-state index is 0.628. The first-order valence-corrected chi connectivity index (χ1v) is 15.4. The van der Waals surface area contributed by atoms with Crippen molar-refractivity contribution >= 4 is 43.2 Å². The molecule has 9 aromatic rings. The number of hydrogen-bond donors (Lipinski definition) is 0. The zero-order chi connectivity index (χ0) is 30.5. The molecule has 0 radical (unpaired) electrons. The van der Waals surface area contributed by atoms with Gasteiger partial charge in [0.25, 0.3) is 0 Å². The van der Waals surface area contributed by atoms with E-state index < -0.39 is 0 Å². The van der Waals surface area contributed by atoms with Gasteiger partial charge in [-0.1, -0.05) is 140 Å². The Kier molecular flexibility index (Phi) is 6.10. The van der Waals surface area contributed by atoms with Crippen LogP contribution in [-0.2, 0) is 0 Å². The summed E-state index contributed by atoms with van der Waals surface area (Å²) in [6.07, 6.45) is 0. The molecule has 0 N–H and O–H groups in total. The third-order valence-corrected chi connectivity index (χ3v) is 8.67. The van der Waals surface area contributed by atoms with Crippen LogP contribution in [0.25, 0.3) is 88.6 Å². The predicted molar refractivity (Wildman–Crippen MR) is 189 cm³/mol. The van der Waals surface area contributed by atoms with Crippen LogP contribution in [0.1, 0.15) is 0 Å². The number of pyridine rings is 1. The molecule has 0 bridgehead atoms. The Balaban J connectivity index is 1.40. The van der Waals surface area contributed by atoms with Crippen LogP contribution in [-0.4, -0.2) is 19.9 Å². The van der Waals surface area contributed by atoms with E-state index in [1.165, 1.54) is 16.2 Å². The van der Waals surface area contributed by atoms with Gasteiger partial charge in [0.15, 0.2) is 17.5 Å². The average Bonchev–Trinajstić information content (AvgIpc) is 3.14. The second-order valence-electron chi connectivity index (χ2n) is 11.5. The first-order chi connectivity index (χ1) is 22.8. The summed E-state index contributed by atoms with van der Waals surface area (Å²) in [4.78, 5) is 20.5. The van der Waals surface area contributed by atoms with Gasteiger partial charge >= 0.3 is 0 Å². The molecule has 9 rings (SSSR count). The minimum Gasteiger partial charge on any atom is -0.247 e. The molecule has 0 aliphatic carbocycles. The molecule has 7 aromatic carbocycles. The Morgan fingerprint density at radius 2 is 0.891 bits per heavy atom. The number of benzene rings is 7. The van der Waals surface area contributed by atoms with Gasteiger partial charge in [0.2, 0.25) is 0 Å². The lowest BCUT2D eigenvalue weighted by Gasteiger charge is -2.16. The van der Waals surface area contributed by atoms with Gasteiger partial charge in [-0.05, 0) is 39.7 Å². The molecule has 0 fully saturated rings. The van der Waals surface area contributed by atoms with Gasteiger partial charge in [0.1, 0.15) is 0 Å². The molecule has 4 nitrogen and oxygen atoms in total. The summed E-state index contributed by atoms with van der Waals surface area (Å²) in [6.45, 7) is 0. The monoisotopic (exact) mass is 586 g/mol. The van der Waals surface area contributed by atoms with Crippen molar-refractivity contribution in [1.82, 2.24) is 19.9 Å². The quantitative estimate of drug-likeness (QED) is 0.193. The maximum atomic E-state index is 5.30. The van der Waals surface area contributed by atoms with Crippen molar-refractivity contribution in [3.8, 4) is 45.4 Å². The molecule has 0 spiro atoms. The van der Waals surface area contributed by atoms with Crippen molar-refractivity contribution in [3.05, 3.63) is 158 Å². The summed E-state index contributed by atoms with van der Waals surface area (Å²) < 4.78 is 0. The highest BCUT2D eigenvalue weighted by atomic mass is 15.0. The van der Waals surface area contributed by atoms with E-state index >= 15 is 0 Å². The van der Waals surface area contributed by atoms with Gasteiger partial charge in [0.05, 0.1) is 11.2 Å². The molecular formula is C42H26N4. The molecule has 46 heavy (non-hydrogen) atoms. The van der Waals surface area contributed by atoms with Crippen molar-refractivity contribution in [2.75, 3.05) is 0 Å². The fourth-order valence-electron chi connectivity index (χ4n) is 6.49. The molecule has 0 saturated carbocycles. The van der Waals surface area contributed by atoms with Gasteiger partial charge in [-0.15, -0.1) is 0 Å². The number of nitrogens with zero attached hydrogens (tertiary/aromatic N) is 4. The standard InChI is InChI=1S/C42H26N4/c1-3-14-28(15-4-1)40-44-41(29-16-5-2-6-17-29)46-42(45-40)35-26-36-38(33-20-10-9-19-32(33)35)34-21-11-12-22-37(34)43-39(36)31-24-23-27-13-7-8-18-30(27)25-31/h1-26H. The maximum Gasteiger partial charge on any atom is 0.164 e. The highest BCUT2D eigenvalue weighted by Crippen LogP contribution is 2.41. The van der Waals surface area contributed by atoms with E-state index in [9.17, 15) is 0 Å². The van der Waals surface area contributed by atoms with E-state index in [4.69, 9.17) is 19.9 Å². The SMILES string of the molecule is c1ccc(-c2nc(-c3ccccc3)nc(-c3cc4c(-c5ccc6ccccc6c5)nc5ccccc5c4c4ccccc34)n2)cc1. The van der Waals surface area contributed by atoms with E-state index in [-0.39, 0.29) is 0 Å². The topological polar surface area (TPSA) is 51.6 Å². The molecule has 2 heterocycles. The molecule has 0 aliphatic rings. The third-order valence-electron chi connectivity index (χ3n) is 8.67. The Morgan fingerprint density at radius 3 is 1.61 bits per heavy atom. The van der Waals surface area contributed by atoms with Crippen molar-refractivity contribution in [3.63, 3.8) is 0 Å². The van der Waals surface area contributed by atoms with Crippen molar-refractivity contribution in [1.29, 1.82) is 0 Å². The molecule has 214 valence electrons. The second-order valence-corrected chi connectivity index (χ2v) is 11.5. The van der Waals surface area contributed by atoms with Crippen molar-refractivity contribution < 1.29 is 0 Å². The second kappa shape index (κ2) is 10.7. The first-order valence-electron chi connectivity index (χ1n) is 15.4. The van der Waals surface area contributed by atoms with Gasteiger partial charge < -0.3 is 0 Å². The van der Waals surface area contributed by atoms with E-state index in [0.717, 1.165) is 55.0 Å². The lowest BCUT2D eigenvalue weighted by molar-refractivity contribution is 1.08. The molecule has 0 atom stereocenters. The summed E-state index contributed by atoms with van der Waals surface area (Å²) >= 11 is 0. The largest absolute Gasteiger partial charge is 0.247 e. The highest BCUT2D eigenvalue weighted by Gasteiger charge is 2.19. The van der Waals surface area contributed by atoms with Gasteiger partial charge in [-0.25, -0.2) is 19.9 Å². The molecule has 0 amide bonds. The highest BCUT2D eigenvalue weighted by molar-refractivity contribution is 6.25. The zero-order valence-corrected chi connectivity index (χ0v) is 24.8. The maximum absolute atomic E-state index is 5.30. The van der Waals surface area contributed by atoms with E-state index in [2.05, 4.69) is 97.1 Å². The smallest absolute Gasteiger partial charge is 0.164 e. The van der Waals surface area contributed by atoms with Crippen LogP contribution in [0.5, 0.6) is 0 Å². The number of hydrogen-bond acceptors (Lipinski definition) is 4. The summed E-state index contributed by atoms with van der Waals surface area (Å²) in [6, 6.07) is 54.5. The predicted octanol–water partition coefficient (Wildman–Crippen LogP) is 10.5. The Labute approximate surface area is 265 Å². The summed E-state index contributed by atoms with van der Waals surface area (Å²) in [5.41, 5.74) is 5.80. The van der Waals surface area contributed by atoms with E-state index in [1.54, 1.807) is 0 Å². The van der Waals surface area contributed by atoms with Crippen LogP contribution in [0.2, 0.25) is 0 Å². The Bertz CT molecular complexity index is 2520. The van der Waals surface area contributed by atoms with Crippen LogP contribution in [0.4, 0.5) is 0 Å². The zero-order valence-electron chi connectivity index (χ0n) is 24.8. The summed E-state index contributed by atoms with van der Waals surface area (Å²) in [5, 5.41) is 7.96. The number of aromatic nitrogens is 4. The Hall–Kier alpha value is -6.26. The van der Waals surface area contributed by atoms with Crippen molar-refractivity contribution in [2.45, 2.75) is 0 Å². The fourth-order valence-corrected chi connectivity index (χ4v) is 6.49. The molecule has 2 aromatic heterocycles. The lowest BCUT2D eigenvalue weighted by atomic mass is 9.91. The molecule has 0 unspecified atom stereocenters. The van der Waals surface area contributed by atoms with Crippen molar-refractivity contribution in [2.24, 2.45) is 0 Å². The van der Waals surface area contributed by atoms with E-state index in [1.807, 2.05) is 60.7 Å². The van der Waals surface area contributed by atoms with Crippen LogP contribution in [0.15, 0.2) is 158 Å². The summed E-state index contributed by atoms with van der Waals surface area (Å²) in [5.74, 6) is 1.91. The number of para-hydroxylation sites is 1. The van der Waals surface area contributed by atoms with Crippen LogP contribution in [0, 0.1) is 0 Å². The number of fused-ring (bicyclic) bond motifs is 6. The van der Waals surface area contributed by atoms with Crippen LogP contribution in [0.3, 0.4) is 0 Å². The average molecular weight is 587 g/mol. The lowest BCUT2D eigenvalue weighted by Crippen LogP contribution is -2.01. The van der Waals surface area contributed by atoms with Gasteiger partial charge in [0, 0.05) is 38.4 Å². The third kappa shape index (κ3) is 4.39. The first kappa shape index (κ1) is 26.2. The van der Waals surface area contributed by atoms with Crippen LogP contribution >= 0.6 is 0 Å². The fraction of sp³-hybridized carbons (Fsp3) is 0. The summed E-state index contributed by atoms with van der Waals surface area (Å²) in [7, 11) is 0. The van der Waals surface area contributed by atoms with E-state index in [0.29, 0.717) is 17.5 Å².